The van der Waals surface area contributed by atoms with E-state index in [0.29, 0.717) is 12.8 Å². The molecule has 0 saturated carbocycles. The van der Waals surface area contributed by atoms with Gasteiger partial charge in [0.2, 0.25) is 0 Å². The molecular weight excluding hydrogens is 314 g/mol. The quantitative estimate of drug-likeness (QED) is 0.401. The second-order valence-corrected chi connectivity index (χ2v) is 6.83. The van der Waals surface area contributed by atoms with Crippen molar-refractivity contribution in [2.45, 2.75) is 63.8 Å². The molecule has 1 atom stereocenters. The number of hydroxylamine groups is 2. The van der Waals surface area contributed by atoms with Crippen LogP contribution in [-0.4, -0.2) is 78.4 Å². The molecular formula is C12H27N3O8. The Hall–Kier alpha value is -0.440. The van der Waals surface area contributed by atoms with E-state index in [9.17, 15) is 5.21 Å². The van der Waals surface area contributed by atoms with Crippen LogP contribution in [0.15, 0.2) is 0 Å². The molecule has 0 aromatic rings. The van der Waals surface area contributed by atoms with Crippen LogP contribution in [0.1, 0.15) is 40.5 Å². The maximum atomic E-state index is 10.2. The topological polar surface area (TPSA) is 139 Å². The first-order valence-electron chi connectivity index (χ1n) is 7.20. The zero-order chi connectivity index (χ0) is 17.8. The monoisotopic (exact) mass is 341 g/mol. The lowest BCUT2D eigenvalue weighted by Gasteiger charge is -2.51. The lowest BCUT2D eigenvalue weighted by atomic mass is 9.80. The Morgan fingerprint density at radius 3 is 1.96 bits per heavy atom. The summed E-state index contributed by atoms with van der Waals surface area (Å²) in [5.74, 6) is 0. The Morgan fingerprint density at radius 2 is 1.52 bits per heavy atom. The molecule has 1 aliphatic rings. The predicted octanol–water partition coefficient (Wildman–Crippen LogP) is 0.806. The van der Waals surface area contributed by atoms with E-state index in [1.165, 1.54) is 5.06 Å². The average molecular weight is 341 g/mol. The second-order valence-electron chi connectivity index (χ2n) is 6.83. The van der Waals surface area contributed by atoms with Gasteiger partial charge in [0.1, 0.15) is 12.7 Å². The van der Waals surface area contributed by atoms with Gasteiger partial charge in [0.25, 0.3) is 0 Å². The predicted molar refractivity (Wildman–Crippen MR) is 72.4 cm³/mol. The van der Waals surface area contributed by atoms with Crippen LogP contribution in [-0.2, 0) is 14.4 Å². The number of hydrogen-bond acceptors (Lipinski definition) is 11. The fourth-order valence-electron chi connectivity index (χ4n) is 2.93. The van der Waals surface area contributed by atoms with Gasteiger partial charge in [-0.05, 0) is 40.5 Å². The minimum absolute atomic E-state index is 0.0896. The van der Waals surface area contributed by atoms with E-state index < -0.39 is 34.6 Å². The van der Waals surface area contributed by atoms with Gasteiger partial charge < -0.3 is 9.94 Å². The highest BCUT2D eigenvalue weighted by Gasteiger charge is 2.45. The Balaban J connectivity index is 2.59. The summed E-state index contributed by atoms with van der Waals surface area (Å²) < 4.78 is 5.72. The van der Waals surface area contributed by atoms with E-state index in [2.05, 4.69) is 9.68 Å². The summed E-state index contributed by atoms with van der Waals surface area (Å²) in [4.78, 5) is 8.99. The zero-order valence-electron chi connectivity index (χ0n) is 13.8. The Morgan fingerprint density at radius 1 is 1.00 bits per heavy atom. The van der Waals surface area contributed by atoms with E-state index in [4.69, 9.17) is 25.6 Å². The van der Waals surface area contributed by atoms with E-state index in [-0.39, 0.29) is 12.7 Å². The molecule has 1 unspecified atom stereocenters. The van der Waals surface area contributed by atoms with Crippen molar-refractivity contribution in [3.8, 4) is 0 Å². The smallest absolute Gasteiger partial charge is 0.133 e. The Bertz CT molecular complexity index is 348. The molecule has 0 aromatic carbocycles. The van der Waals surface area contributed by atoms with Gasteiger partial charge in [0.05, 0.1) is 23.5 Å². The van der Waals surface area contributed by atoms with Gasteiger partial charge in [-0.2, -0.15) is 5.06 Å². The van der Waals surface area contributed by atoms with Crippen molar-refractivity contribution in [3.63, 3.8) is 0 Å². The molecule has 1 saturated heterocycles. The minimum Gasteiger partial charge on any atom is -0.375 e. The summed E-state index contributed by atoms with van der Waals surface area (Å²) >= 11 is 0. The third-order valence-electron chi connectivity index (χ3n) is 3.74. The molecule has 1 heterocycles. The number of nitrogens with zero attached hydrogens (tertiary/aromatic N) is 3. The van der Waals surface area contributed by atoms with Crippen molar-refractivity contribution in [1.82, 2.24) is 15.8 Å². The third-order valence-corrected chi connectivity index (χ3v) is 3.74. The standard InChI is InChI=1S/C12H27N3O8/c1-11(2)5-9(6-12(3,4)13(11)16)21-7-10(23-15(19)20)8-22-14(17)18/h9-10,16-20H,5-8H2,1-4H3. The SMILES string of the molecule is CC1(C)CC(OCC(CON(O)O)ON(O)O)CC(C)(C)N1O. The van der Waals surface area contributed by atoms with Crippen LogP contribution >= 0.6 is 0 Å². The number of hydrogen-bond donors (Lipinski definition) is 5. The van der Waals surface area contributed by atoms with Gasteiger partial charge in [0.15, 0.2) is 0 Å². The van der Waals surface area contributed by atoms with Gasteiger partial charge in [-0.3, -0.25) is 20.8 Å². The van der Waals surface area contributed by atoms with Gasteiger partial charge in [-0.25, -0.2) is 9.68 Å². The first-order chi connectivity index (χ1) is 10.4. The van der Waals surface area contributed by atoms with E-state index in [0.717, 1.165) is 0 Å². The van der Waals surface area contributed by atoms with Crippen molar-refractivity contribution in [2.75, 3.05) is 13.2 Å². The highest BCUT2D eigenvalue weighted by molar-refractivity contribution is 4.96. The van der Waals surface area contributed by atoms with Gasteiger partial charge >= 0.3 is 0 Å². The fraction of sp³-hybridized carbons (Fsp3) is 1.00. The molecule has 1 fully saturated rings. The van der Waals surface area contributed by atoms with Crippen LogP contribution in [0.25, 0.3) is 0 Å². The van der Waals surface area contributed by atoms with Crippen LogP contribution < -0.4 is 0 Å². The first-order valence-corrected chi connectivity index (χ1v) is 7.20. The maximum absolute atomic E-state index is 10.2. The molecule has 0 aromatic heterocycles. The summed E-state index contributed by atoms with van der Waals surface area (Å²) in [6.07, 6.45) is -0.103. The van der Waals surface area contributed by atoms with Crippen LogP contribution in [0.5, 0.6) is 0 Å². The highest BCUT2D eigenvalue weighted by Crippen LogP contribution is 2.37. The molecule has 0 radical (unpaired) electrons. The average Bonchev–Trinajstić information content (AvgIpc) is 2.38. The summed E-state index contributed by atoms with van der Waals surface area (Å²) in [7, 11) is 0. The molecule has 0 bridgehead atoms. The number of ether oxygens (including phenoxy) is 1. The fourth-order valence-corrected chi connectivity index (χ4v) is 2.93. The lowest BCUT2D eigenvalue weighted by Crippen LogP contribution is -2.60. The molecule has 138 valence electrons. The summed E-state index contributed by atoms with van der Waals surface area (Å²) in [5.41, 5.74) is -0.988. The molecule has 11 nitrogen and oxygen atoms in total. The van der Waals surface area contributed by atoms with Gasteiger partial charge in [-0.15, -0.1) is 0 Å². The molecule has 0 spiro atoms. The highest BCUT2D eigenvalue weighted by atomic mass is 17.1. The lowest BCUT2D eigenvalue weighted by molar-refractivity contribution is -0.528. The molecule has 11 heteroatoms. The molecule has 1 aliphatic heterocycles. The van der Waals surface area contributed by atoms with Crippen molar-refractivity contribution >= 4 is 0 Å². The zero-order valence-corrected chi connectivity index (χ0v) is 13.8. The van der Waals surface area contributed by atoms with Crippen LogP contribution in [0.3, 0.4) is 0 Å². The van der Waals surface area contributed by atoms with E-state index in [1.807, 2.05) is 27.7 Å². The Labute approximate surface area is 134 Å². The van der Waals surface area contributed by atoms with Gasteiger partial charge in [-0.1, -0.05) is 0 Å². The molecule has 0 aliphatic carbocycles. The number of piperidine rings is 1. The van der Waals surface area contributed by atoms with Crippen LogP contribution in [0.4, 0.5) is 0 Å². The first kappa shape index (κ1) is 20.6. The summed E-state index contributed by atoms with van der Waals surface area (Å²) in [5, 5.41) is 45.0. The molecule has 5 N–H and O–H groups in total. The van der Waals surface area contributed by atoms with Gasteiger partial charge in [0, 0.05) is 11.1 Å². The minimum atomic E-state index is -0.995. The Kier molecular flexibility index (Phi) is 7.25. The number of rotatable bonds is 8. The third kappa shape index (κ3) is 6.52. The van der Waals surface area contributed by atoms with E-state index >= 15 is 0 Å². The van der Waals surface area contributed by atoms with Crippen molar-refractivity contribution in [2.24, 2.45) is 0 Å². The second kappa shape index (κ2) is 8.09. The largest absolute Gasteiger partial charge is 0.375 e. The van der Waals surface area contributed by atoms with E-state index in [1.54, 1.807) is 0 Å². The van der Waals surface area contributed by atoms with Crippen molar-refractivity contribution < 1.29 is 40.4 Å². The van der Waals surface area contributed by atoms with Crippen molar-refractivity contribution in [1.29, 1.82) is 0 Å². The van der Waals surface area contributed by atoms with Crippen LogP contribution in [0, 0.1) is 0 Å². The maximum Gasteiger partial charge on any atom is 0.133 e. The molecule has 1 rings (SSSR count). The normalized spacial score (nSPS) is 23.6. The van der Waals surface area contributed by atoms with Crippen molar-refractivity contribution in [3.05, 3.63) is 0 Å². The summed E-state index contributed by atoms with van der Waals surface area (Å²) in [6.45, 7) is 7.07. The molecule has 0 amide bonds. The summed E-state index contributed by atoms with van der Waals surface area (Å²) in [6, 6.07) is 0. The van der Waals surface area contributed by atoms with Crippen LogP contribution in [0.2, 0.25) is 0 Å². The molecule has 23 heavy (non-hydrogen) atoms.